The Morgan fingerprint density at radius 3 is 2.64 bits per heavy atom. The van der Waals surface area contributed by atoms with Crippen molar-refractivity contribution in [1.82, 2.24) is 4.90 Å². The number of carbonyl (C=O) groups is 1. The van der Waals surface area contributed by atoms with Crippen molar-refractivity contribution in [2.24, 2.45) is 11.8 Å². The van der Waals surface area contributed by atoms with Crippen LogP contribution in [0.3, 0.4) is 0 Å². The van der Waals surface area contributed by atoms with Gasteiger partial charge in [-0.1, -0.05) is 12.8 Å². The van der Waals surface area contributed by atoms with Gasteiger partial charge in [0.1, 0.15) is 5.92 Å². The first-order chi connectivity index (χ1) is 6.65. The number of nitriles is 1. The fraction of sp³-hybridized carbons (Fsp3) is 0.818. The highest BCUT2D eigenvalue weighted by molar-refractivity contribution is 5.80. The van der Waals surface area contributed by atoms with Gasteiger partial charge in [-0.05, 0) is 25.7 Å². The summed E-state index contributed by atoms with van der Waals surface area (Å²) >= 11 is 0. The molecule has 0 saturated heterocycles. The molecule has 1 fully saturated rings. The Balaban J connectivity index is 2.37. The first-order valence-electron chi connectivity index (χ1n) is 5.29. The van der Waals surface area contributed by atoms with E-state index in [9.17, 15) is 4.79 Å². The Labute approximate surface area is 85.7 Å². The molecule has 0 aromatic rings. The van der Waals surface area contributed by atoms with E-state index >= 15 is 0 Å². The second kappa shape index (κ2) is 4.99. The van der Waals surface area contributed by atoms with Gasteiger partial charge in [-0.3, -0.25) is 4.79 Å². The van der Waals surface area contributed by atoms with Gasteiger partial charge in [-0.25, -0.2) is 0 Å². The van der Waals surface area contributed by atoms with Crippen LogP contribution in [-0.4, -0.2) is 24.4 Å². The van der Waals surface area contributed by atoms with Gasteiger partial charge in [0.25, 0.3) is 0 Å². The highest BCUT2D eigenvalue weighted by atomic mass is 16.2. The van der Waals surface area contributed by atoms with Crippen LogP contribution in [0.5, 0.6) is 0 Å². The van der Waals surface area contributed by atoms with Crippen LogP contribution in [0.4, 0.5) is 0 Å². The lowest BCUT2D eigenvalue weighted by molar-refractivity contribution is -0.132. The molecular formula is C11H18N2O. The molecule has 14 heavy (non-hydrogen) atoms. The predicted octanol–water partition coefficient (Wildman–Crippen LogP) is 1.79. The molecule has 0 spiro atoms. The van der Waals surface area contributed by atoms with Crippen LogP contribution >= 0.6 is 0 Å². The lowest BCUT2D eigenvalue weighted by Crippen LogP contribution is -2.34. The van der Waals surface area contributed by atoms with Crippen LogP contribution in [0.15, 0.2) is 0 Å². The van der Waals surface area contributed by atoms with Crippen molar-refractivity contribution in [3.63, 3.8) is 0 Å². The van der Waals surface area contributed by atoms with Crippen LogP contribution in [0.2, 0.25) is 0 Å². The summed E-state index contributed by atoms with van der Waals surface area (Å²) in [4.78, 5) is 13.3. The largest absolute Gasteiger partial charge is 0.344 e. The van der Waals surface area contributed by atoms with Crippen molar-refractivity contribution >= 4 is 5.91 Å². The summed E-state index contributed by atoms with van der Waals surface area (Å²) in [6, 6.07) is 1.98. The third-order valence-electron chi connectivity index (χ3n) is 2.95. The molecule has 1 atom stereocenters. The van der Waals surface area contributed by atoms with Crippen LogP contribution in [-0.2, 0) is 4.79 Å². The van der Waals surface area contributed by atoms with Crippen molar-refractivity contribution in [3.05, 3.63) is 0 Å². The quantitative estimate of drug-likeness (QED) is 0.687. The molecule has 0 bridgehead atoms. The van der Waals surface area contributed by atoms with Gasteiger partial charge in [-0.2, -0.15) is 5.26 Å². The summed E-state index contributed by atoms with van der Waals surface area (Å²) in [5.41, 5.74) is 0. The Morgan fingerprint density at radius 1 is 1.57 bits per heavy atom. The van der Waals surface area contributed by atoms with Gasteiger partial charge in [0, 0.05) is 13.6 Å². The number of carbonyl (C=O) groups excluding carboxylic acids is 1. The van der Waals surface area contributed by atoms with Crippen LogP contribution < -0.4 is 0 Å². The summed E-state index contributed by atoms with van der Waals surface area (Å²) < 4.78 is 0. The standard InChI is InChI=1S/C11H18N2O/c1-9(7-12)11(14)13(2)8-10-5-3-4-6-10/h9-10H,3-6,8H2,1-2H3. The highest BCUT2D eigenvalue weighted by Gasteiger charge is 2.22. The number of nitrogens with zero attached hydrogens (tertiary/aromatic N) is 2. The third-order valence-corrected chi connectivity index (χ3v) is 2.95. The molecule has 1 amide bonds. The van der Waals surface area contributed by atoms with Crippen molar-refractivity contribution < 1.29 is 4.79 Å². The smallest absolute Gasteiger partial charge is 0.239 e. The zero-order chi connectivity index (χ0) is 10.6. The SMILES string of the molecule is CC(C#N)C(=O)N(C)CC1CCCC1. The van der Waals surface area contributed by atoms with Crippen molar-refractivity contribution in [2.75, 3.05) is 13.6 Å². The molecular weight excluding hydrogens is 176 g/mol. The van der Waals surface area contributed by atoms with Gasteiger partial charge in [-0.15, -0.1) is 0 Å². The maximum Gasteiger partial charge on any atom is 0.239 e. The normalized spacial score (nSPS) is 18.9. The van der Waals surface area contributed by atoms with Gasteiger partial charge in [0.15, 0.2) is 0 Å². The number of hydrogen-bond acceptors (Lipinski definition) is 2. The molecule has 0 aliphatic heterocycles. The van der Waals surface area contributed by atoms with E-state index in [1.165, 1.54) is 25.7 Å². The molecule has 0 N–H and O–H groups in total. The van der Waals surface area contributed by atoms with Crippen LogP contribution in [0.1, 0.15) is 32.6 Å². The van der Waals surface area contributed by atoms with E-state index in [2.05, 4.69) is 0 Å². The fourth-order valence-electron chi connectivity index (χ4n) is 2.06. The summed E-state index contributed by atoms with van der Waals surface area (Å²) in [7, 11) is 1.80. The predicted molar refractivity (Wildman–Crippen MR) is 54.4 cm³/mol. The fourth-order valence-corrected chi connectivity index (χ4v) is 2.06. The number of rotatable bonds is 3. The van der Waals surface area contributed by atoms with Gasteiger partial charge in [0.05, 0.1) is 6.07 Å². The molecule has 1 aliphatic rings. The van der Waals surface area contributed by atoms with E-state index in [4.69, 9.17) is 5.26 Å². The summed E-state index contributed by atoms with van der Waals surface area (Å²) in [5, 5.41) is 8.62. The number of hydrogen-bond donors (Lipinski definition) is 0. The minimum atomic E-state index is -0.499. The van der Waals surface area contributed by atoms with E-state index in [1.807, 2.05) is 6.07 Å². The Bertz CT molecular complexity index is 238. The van der Waals surface area contributed by atoms with Crippen molar-refractivity contribution in [3.8, 4) is 6.07 Å². The van der Waals surface area contributed by atoms with Crippen LogP contribution in [0.25, 0.3) is 0 Å². The summed E-state index contributed by atoms with van der Waals surface area (Å²) in [6.45, 7) is 2.48. The Hall–Kier alpha value is -1.04. The third kappa shape index (κ3) is 2.73. The average Bonchev–Trinajstić information content (AvgIpc) is 2.68. The van der Waals surface area contributed by atoms with E-state index < -0.39 is 5.92 Å². The molecule has 0 heterocycles. The first-order valence-corrected chi connectivity index (χ1v) is 5.29. The summed E-state index contributed by atoms with van der Waals surface area (Å²) in [5.74, 6) is 0.121. The maximum absolute atomic E-state index is 11.6. The minimum absolute atomic E-state index is 0.0422. The molecule has 0 aromatic carbocycles. The zero-order valence-corrected chi connectivity index (χ0v) is 8.99. The molecule has 78 valence electrons. The maximum atomic E-state index is 11.6. The second-order valence-corrected chi connectivity index (χ2v) is 4.22. The zero-order valence-electron chi connectivity index (χ0n) is 8.99. The minimum Gasteiger partial charge on any atom is -0.344 e. The van der Waals surface area contributed by atoms with Gasteiger partial charge in [0.2, 0.25) is 5.91 Å². The lowest BCUT2D eigenvalue weighted by atomic mass is 10.1. The highest BCUT2D eigenvalue weighted by Crippen LogP contribution is 2.25. The number of amides is 1. The van der Waals surface area contributed by atoms with Crippen molar-refractivity contribution in [1.29, 1.82) is 5.26 Å². The Morgan fingerprint density at radius 2 is 2.14 bits per heavy atom. The van der Waals surface area contributed by atoms with E-state index in [0.717, 1.165) is 6.54 Å². The average molecular weight is 194 g/mol. The molecule has 1 unspecified atom stereocenters. The molecule has 1 saturated carbocycles. The van der Waals surface area contributed by atoms with E-state index in [0.29, 0.717) is 5.92 Å². The topological polar surface area (TPSA) is 44.1 Å². The molecule has 0 radical (unpaired) electrons. The molecule has 1 rings (SSSR count). The molecule has 0 aromatic heterocycles. The molecule has 3 nitrogen and oxygen atoms in total. The molecule has 1 aliphatic carbocycles. The van der Waals surface area contributed by atoms with Crippen LogP contribution in [0, 0.1) is 23.2 Å². The molecule has 3 heteroatoms. The van der Waals surface area contributed by atoms with E-state index in [-0.39, 0.29) is 5.91 Å². The van der Waals surface area contributed by atoms with Gasteiger partial charge >= 0.3 is 0 Å². The summed E-state index contributed by atoms with van der Waals surface area (Å²) in [6.07, 6.45) is 5.05. The lowest BCUT2D eigenvalue weighted by Gasteiger charge is -2.21. The van der Waals surface area contributed by atoms with Gasteiger partial charge < -0.3 is 4.90 Å². The van der Waals surface area contributed by atoms with Crippen molar-refractivity contribution in [2.45, 2.75) is 32.6 Å². The second-order valence-electron chi connectivity index (χ2n) is 4.22. The first kappa shape index (κ1) is 11.0. The Kier molecular flexibility index (Phi) is 3.94. The van der Waals surface area contributed by atoms with E-state index in [1.54, 1.807) is 18.9 Å². The monoisotopic (exact) mass is 194 g/mol.